The Labute approximate surface area is 231 Å². The van der Waals surface area contributed by atoms with Crippen molar-refractivity contribution in [2.75, 3.05) is 5.32 Å². The number of rotatable bonds is 2. The van der Waals surface area contributed by atoms with Crippen LogP contribution in [0.2, 0.25) is 0 Å². The van der Waals surface area contributed by atoms with Gasteiger partial charge in [0.05, 0.1) is 5.41 Å². The van der Waals surface area contributed by atoms with Gasteiger partial charge in [-0.1, -0.05) is 103 Å². The zero-order valence-corrected chi connectivity index (χ0v) is 21.9. The minimum atomic E-state index is -0.313. The predicted octanol–water partition coefficient (Wildman–Crippen LogP) is 10.1. The van der Waals surface area contributed by atoms with Gasteiger partial charge in [-0.3, -0.25) is 0 Å². The van der Waals surface area contributed by atoms with Crippen molar-refractivity contribution in [1.29, 1.82) is 0 Å². The lowest BCUT2D eigenvalue weighted by Crippen LogP contribution is -2.25. The Hall–Kier alpha value is -4.66. The zero-order valence-electron chi connectivity index (χ0n) is 21.1. The molecule has 1 N–H and O–H groups in total. The van der Waals surface area contributed by atoms with Gasteiger partial charge in [-0.2, -0.15) is 0 Å². The molecule has 0 saturated carbocycles. The van der Waals surface area contributed by atoms with Crippen molar-refractivity contribution in [3.8, 4) is 22.3 Å². The number of fused-ring (bicyclic) bond motifs is 13. The Balaban J connectivity index is 1.25. The molecular weight excluding hydrogens is 490 g/mol. The van der Waals surface area contributed by atoms with Gasteiger partial charge >= 0.3 is 0 Å². The predicted molar refractivity (Wildman–Crippen MR) is 165 cm³/mol. The first kappa shape index (κ1) is 21.3. The lowest BCUT2D eigenvalue weighted by Gasteiger charge is -2.30. The quantitative estimate of drug-likeness (QED) is 0.242. The molecule has 7 aromatic rings. The van der Waals surface area contributed by atoms with Crippen LogP contribution in [-0.2, 0) is 5.41 Å². The van der Waals surface area contributed by atoms with Crippen molar-refractivity contribution in [3.63, 3.8) is 0 Å². The second kappa shape index (κ2) is 7.69. The van der Waals surface area contributed by atoms with E-state index in [2.05, 4.69) is 139 Å². The van der Waals surface area contributed by atoms with E-state index in [-0.39, 0.29) is 5.41 Å². The second-order valence-electron chi connectivity index (χ2n) is 10.6. The molecule has 1 spiro atoms. The van der Waals surface area contributed by atoms with Crippen LogP contribution in [0.4, 0.5) is 11.4 Å². The van der Waals surface area contributed by atoms with Gasteiger partial charge in [0, 0.05) is 31.5 Å². The van der Waals surface area contributed by atoms with Crippen LogP contribution in [0.25, 0.3) is 42.4 Å². The number of benzene rings is 6. The summed E-state index contributed by atoms with van der Waals surface area (Å²) in [5.41, 5.74) is 12.7. The van der Waals surface area contributed by atoms with Gasteiger partial charge in [0.2, 0.25) is 0 Å². The molecule has 182 valence electrons. The highest BCUT2D eigenvalue weighted by Gasteiger charge is 2.51. The van der Waals surface area contributed by atoms with Crippen LogP contribution < -0.4 is 5.32 Å². The summed E-state index contributed by atoms with van der Waals surface area (Å²) in [6.07, 6.45) is 0. The van der Waals surface area contributed by atoms with Crippen molar-refractivity contribution < 1.29 is 0 Å². The highest BCUT2D eigenvalue weighted by molar-refractivity contribution is 7.25. The normalized spacial score (nSPS) is 13.8. The molecule has 1 nitrogen and oxygen atoms in total. The maximum atomic E-state index is 3.76. The van der Waals surface area contributed by atoms with Crippen LogP contribution >= 0.6 is 11.3 Å². The van der Waals surface area contributed by atoms with Crippen LogP contribution in [-0.4, -0.2) is 0 Å². The number of anilines is 2. The van der Waals surface area contributed by atoms with E-state index in [0.29, 0.717) is 0 Å². The van der Waals surface area contributed by atoms with Gasteiger partial charge < -0.3 is 5.32 Å². The molecule has 0 aliphatic heterocycles. The lowest BCUT2D eigenvalue weighted by molar-refractivity contribution is 0.794. The molecule has 0 atom stereocenters. The van der Waals surface area contributed by atoms with E-state index in [9.17, 15) is 0 Å². The SMILES string of the molecule is c1ccc2c(c1)-c1ccccc1C21c2ccccc2-c2ccc(Nc3ccc4c(c3)sc3ccccc34)cc21. The van der Waals surface area contributed by atoms with Gasteiger partial charge in [0.1, 0.15) is 0 Å². The maximum absolute atomic E-state index is 3.76. The Morgan fingerprint density at radius 2 is 0.923 bits per heavy atom. The minimum Gasteiger partial charge on any atom is -0.355 e. The molecule has 1 heterocycles. The molecule has 1 aromatic heterocycles. The summed E-state index contributed by atoms with van der Waals surface area (Å²) in [7, 11) is 0. The van der Waals surface area contributed by atoms with E-state index < -0.39 is 0 Å². The average molecular weight is 514 g/mol. The third-order valence-electron chi connectivity index (χ3n) is 8.66. The fraction of sp³-hybridized carbons (Fsp3) is 0.0270. The molecule has 0 saturated heterocycles. The van der Waals surface area contributed by atoms with Crippen LogP contribution in [0.15, 0.2) is 133 Å². The summed E-state index contributed by atoms with van der Waals surface area (Å²) in [5, 5.41) is 6.41. The van der Waals surface area contributed by atoms with Crippen molar-refractivity contribution >= 4 is 42.9 Å². The van der Waals surface area contributed by atoms with Gasteiger partial charge in [-0.25, -0.2) is 0 Å². The van der Waals surface area contributed by atoms with E-state index in [0.717, 1.165) is 11.4 Å². The van der Waals surface area contributed by atoms with Gasteiger partial charge in [0.25, 0.3) is 0 Å². The first-order valence-electron chi connectivity index (χ1n) is 13.4. The van der Waals surface area contributed by atoms with Crippen molar-refractivity contribution in [3.05, 3.63) is 156 Å². The van der Waals surface area contributed by atoms with Gasteiger partial charge in [-0.15, -0.1) is 11.3 Å². The second-order valence-corrected chi connectivity index (χ2v) is 11.7. The number of hydrogen-bond acceptors (Lipinski definition) is 2. The Kier molecular flexibility index (Phi) is 4.20. The van der Waals surface area contributed by atoms with Crippen LogP contribution in [0.5, 0.6) is 0 Å². The minimum absolute atomic E-state index is 0.313. The van der Waals surface area contributed by atoms with Crippen molar-refractivity contribution in [2.45, 2.75) is 5.41 Å². The van der Waals surface area contributed by atoms with E-state index in [1.807, 2.05) is 11.3 Å². The average Bonchev–Trinajstić information content (AvgIpc) is 3.61. The smallest absolute Gasteiger partial charge is 0.0726 e. The molecule has 0 unspecified atom stereocenters. The summed E-state index contributed by atoms with van der Waals surface area (Å²) < 4.78 is 2.64. The van der Waals surface area contributed by atoms with E-state index in [1.54, 1.807) is 0 Å². The first-order valence-corrected chi connectivity index (χ1v) is 14.3. The molecule has 0 radical (unpaired) electrons. The standard InChI is InChI=1S/C37H23NS/c1-5-13-31-25(9-1)26-10-2-6-14-32(26)37(31)33-15-7-3-11-27(33)28-19-17-23(21-34(28)37)38-24-18-20-30-29-12-4-8-16-35(29)39-36(30)22-24/h1-22,38H. The molecule has 2 aliphatic rings. The summed E-state index contributed by atoms with van der Waals surface area (Å²) in [5.74, 6) is 0. The Bertz CT molecular complexity index is 2050. The summed E-state index contributed by atoms with van der Waals surface area (Å²) in [4.78, 5) is 0. The lowest BCUT2D eigenvalue weighted by atomic mass is 9.70. The number of hydrogen-bond donors (Lipinski definition) is 1. The largest absolute Gasteiger partial charge is 0.355 e. The van der Waals surface area contributed by atoms with E-state index >= 15 is 0 Å². The molecule has 6 aromatic carbocycles. The summed E-state index contributed by atoms with van der Waals surface area (Å²) >= 11 is 1.86. The molecule has 39 heavy (non-hydrogen) atoms. The highest BCUT2D eigenvalue weighted by Crippen LogP contribution is 2.62. The molecule has 2 heteroatoms. The van der Waals surface area contributed by atoms with Crippen LogP contribution in [0.1, 0.15) is 22.3 Å². The van der Waals surface area contributed by atoms with Gasteiger partial charge in [0.15, 0.2) is 0 Å². The topological polar surface area (TPSA) is 12.0 Å². The fourth-order valence-electron chi connectivity index (χ4n) is 7.14. The number of nitrogens with one attached hydrogen (secondary N) is 1. The van der Waals surface area contributed by atoms with Crippen molar-refractivity contribution in [1.82, 2.24) is 0 Å². The molecule has 9 rings (SSSR count). The summed E-state index contributed by atoms with van der Waals surface area (Å²) in [6.45, 7) is 0. The maximum Gasteiger partial charge on any atom is 0.0726 e. The van der Waals surface area contributed by atoms with Crippen LogP contribution in [0.3, 0.4) is 0 Å². The molecule has 0 amide bonds. The monoisotopic (exact) mass is 513 g/mol. The third-order valence-corrected chi connectivity index (χ3v) is 9.80. The highest BCUT2D eigenvalue weighted by atomic mass is 32.1. The summed E-state index contributed by atoms with van der Waals surface area (Å²) in [6, 6.07) is 49.3. The molecule has 0 fully saturated rings. The third kappa shape index (κ3) is 2.74. The Morgan fingerprint density at radius 3 is 1.62 bits per heavy atom. The zero-order chi connectivity index (χ0) is 25.6. The molecule has 0 bridgehead atoms. The van der Waals surface area contributed by atoms with Gasteiger partial charge in [-0.05, 0) is 74.8 Å². The van der Waals surface area contributed by atoms with Crippen LogP contribution in [0, 0.1) is 0 Å². The van der Waals surface area contributed by atoms with Crippen molar-refractivity contribution in [2.24, 2.45) is 0 Å². The van der Waals surface area contributed by atoms with E-state index in [1.165, 1.54) is 64.7 Å². The number of thiophene rings is 1. The fourth-order valence-corrected chi connectivity index (χ4v) is 8.29. The molecule has 2 aliphatic carbocycles. The Morgan fingerprint density at radius 1 is 0.410 bits per heavy atom. The molecular formula is C37H23NS. The van der Waals surface area contributed by atoms with E-state index in [4.69, 9.17) is 0 Å². The first-order chi connectivity index (χ1) is 19.3.